The van der Waals surface area contributed by atoms with Crippen molar-refractivity contribution < 1.29 is 0 Å². The molecule has 0 aromatic heterocycles. The molecule has 0 unspecified atom stereocenters. The van der Waals surface area contributed by atoms with E-state index in [4.69, 9.17) is 16.7 Å². The topological polar surface area (TPSA) is 75.8 Å². The Hall–Kier alpha value is -1.79. The van der Waals surface area contributed by atoms with Gasteiger partial charge in [0, 0.05) is 11.7 Å². The first-order chi connectivity index (χ1) is 6.19. The van der Waals surface area contributed by atoms with E-state index in [2.05, 4.69) is 6.58 Å². The van der Waals surface area contributed by atoms with Gasteiger partial charge >= 0.3 is 0 Å². The van der Waals surface area contributed by atoms with Gasteiger partial charge in [-0.3, -0.25) is 0 Å². The molecule has 3 heteroatoms. The fraction of sp³-hybridized carbons (Fsp3) is 0.100. The van der Waals surface area contributed by atoms with Crippen LogP contribution in [0.2, 0.25) is 0 Å². The van der Waals surface area contributed by atoms with E-state index in [1.165, 1.54) is 0 Å². The average molecular weight is 173 g/mol. The lowest BCUT2D eigenvalue weighted by atomic mass is 10.0. The second-order valence-corrected chi connectivity index (χ2v) is 2.72. The normalized spacial score (nSPS) is 11.7. The van der Waals surface area contributed by atoms with Crippen LogP contribution in [0.1, 0.15) is 17.2 Å². The minimum absolute atomic E-state index is 0.312. The molecule has 0 aliphatic heterocycles. The minimum atomic E-state index is -0.312. The smallest absolute Gasteiger partial charge is 0.0991 e. The van der Waals surface area contributed by atoms with Crippen LogP contribution < -0.4 is 11.5 Å². The Morgan fingerprint density at radius 1 is 1.54 bits per heavy atom. The zero-order valence-corrected chi connectivity index (χ0v) is 7.20. The first-order valence-corrected chi connectivity index (χ1v) is 3.86. The summed E-state index contributed by atoms with van der Waals surface area (Å²) in [4.78, 5) is 0. The van der Waals surface area contributed by atoms with E-state index in [9.17, 15) is 0 Å². The lowest BCUT2D eigenvalue weighted by Crippen LogP contribution is -2.09. The monoisotopic (exact) mass is 173 g/mol. The molecule has 1 atom stereocenters. The summed E-state index contributed by atoms with van der Waals surface area (Å²) in [5, 5.41) is 8.65. The van der Waals surface area contributed by atoms with Crippen LogP contribution in [-0.2, 0) is 0 Å². The third-order valence-corrected chi connectivity index (χ3v) is 1.83. The lowest BCUT2D eigenvalue weighted by molar-refractivity contribution is 0.917. The molecular weight excluding hydrogens is 162 g/mol. The predicted molar refractivity (Wildman–Crippen MR) is 52.7 cm³/mol. The van der Waals surface area contributed by atoms with Crippen molar-refractivity contribution in [2.75, 3.05) is 5.73 Å². The highest BCUT2D eigenvalue weighted by Gasteiger charge is 2.06. The number of nitriles is 1. The van der Waals surface area contributed by atoms with Crippen LogP contribution in [-0.4, -0.2) is 0 Å². The van der Waals surface area contributed by atoms with E-state index >= 15 is 0 Å². The van der Waals surface area contributed by atoms with Crippen LogP contribution in [0.5, 0.6) is 0 Å². The molecular formula is C10H11N3. The summed E-state index contributed by atoms with van der Waals surface area (Å²) >= 11 is 0. The third kappa shape index (κ3) is 1.86. The second-order valence-electron chi connectivity index (χ2n) is 2.72. The van der Waals surface area contributed by atoms with Gasteiger partial charge in [-0.05, 0) is 23.8 Å². The van der Waals surface area contributed by atoms with Gasteiger partial charge in [0.1, 0.15) is 0 Å². The Kier molecular flexibility index (Phi) is 2.68. The number of nitrogens with zero attached hydrogens (tertiary/aromatic N) is 1. The molecule has 0 bridgehead atoms. The Bertz CT molecular complexity index is 363. The van der Waals surface area contributed by atoms with Crippen LogP contribution in [0.4, 0.5) is 5.69 Å². The molecule has 0 saturated heterocycles. The second kappa shape index (κ2) is 3.74. The average Bonchev–Trinajstić information content (AvgIpc) is 2.17. The largest absolute Gasteiger partial charge is 0.398 e. The SMILES string of the molecule is C=C[C@H](N)c1cc(C#N)ccc1N. The standard InChI is InChI=1S/C10H11N3/c1-2-9(12)8-5-7(6-11)3-4-10(8)13/h2-5,9H,1,12-13H2/t9-/m0/s1. The molecule has 13 heavy (non-hydrogen) atoms. The number of hydrogen-bond acceptors (Lipinski definition) is 3. The molecule has 0 spiro atoms. The van der Waals surface area contributed by atoms with Crippen LogP contribution >= 0.6 is 0 Å². The summed E-state index contributed by atoms with van der Waals surface area (Å²) in [5.41, 5.74) is 13.3. The Morgan fingerprint density at radius 2 is 2.23 bits per heavy atom. The van der Waals surface area contributed by atoms with E-state index in [-0.39, 0.29) is 6.04 Å². The van der Waals surface area contributed by atoms with Crippen molar-refractivity contribution in [3.05, 3.63) is 42.0 Å². The fourth-order valence-corrected chi connectivity index (χ4v) is 1.06. The van der Waals surface area contributed by atoms with E-state index in [1.807, 2.05) is 6.07 Å². The lowest BCUT2D eigenvalue weighted by Gasteiger charge is -2.09. The molecule has 1 rings (SSSR count). The van der Waals surface area contributed by atoms with Gasteiger partial charge in [0.05, 0.1) is 11.6 Å². The Morgan fingerprint density at radius 3 is 2.77 bits per heavy atom. The van der Waals surface area contributed by atoms with Gasteiger partial charge < -0.3 is 11.5 Å². The van der Waals surface area contributed by atoms with E-state index < -0.39 is 0 Å². The molecule has 0 amide bonds. The molecule has 1 aromatic rings. The van der Waals surface area contributed by atoms with E-state index in [0.29, 0.717) is 11.3 Å². The number of rotatable bonds is 2. The maximum atomic E-state index is 8.65. The molecule has 0 heterocycles. The number of hydrogen-bond donors (Lipinski definition) is 2. The van der Waals surface area contributed by atoms with E-state index in [0.717, 1.165) is 5.56 Å². The molecule has 0 saturated carbocycles. The molecule has 0 aliphatic carbocycles. The predicted octanol–water partition coefficient (Wildman–Crippen LogP) is 1.33. The molecule has 1 aromatic carbocycles. The van der Waals surface area contributed by atoms with Gasteiger partial charge in [-0.25, -0.2) is 0 Å². The maximum absolute atomic E-state index is 8.65. The zero-order chi connectivity index (χ0) is 9.84. The number of anilines is 1. The summed E-state index contributed by atoms with van der Waals surface area (Å²) in [6.45, 7) is 3.57. The van der Waals surface area contributed by atoms with Gasteiger partial charge in [0.15, 0.2) is 0 Å². The van der Waals surface area contributed by atoms with Crippen LogP contribution in [0.25, 0.3) is 0 Å². The first kappa shape index (κ1) is 9.30. The molecule has 66 valence electrons. The summed E-state index contributed by atoms with van der Waals surface area (Å²) in [5.74, 6) is 0. The summed E-state index contributed by atoms with van der Waals surface area (Å²) in [7, 11) is 0. The van der Waals surface area contributed by atoms with Crippen molar-refractivity contribution in [1.82, 2.24) is 0 Å². The van der Waals surface area contributed by atoms with Crippen molar-refractivity contribution in [1.29, 1.82) is 5.26 Å². The number of nitrogen functional groups attached to an aromatic ring is 1. The Labute approximate surface area is 77.3 Å². The molecule has 0 aliphatic rings. The number of benzene rings is 1. The quantitative estimate of drug-likeness (QED) is 0.523. The van der Waals surface area contributed by atoms with Crippen molar-refractivity contribution in [3.63, 3.8) is 0 Å². The fourth-order valence-electron chi connectivity index (χ4n) is 1.06. The highest BCUT2D eigenvalue weighted by atomic mass is 14.7. The van der Waals surface area contributed by atoms with Gasteiger partial charge in [-0.2, -0.15) is 5.26 Å². The van der Waals surface area contributed by atoms with Crippen LogP contribution in [0.15, 0.2) is 30.9 Å². The van der Waals surface area contributed by atoms with E-state index in [1.54, 1.807) is 24.3 Å². The summed E-state index contributed by atoms with van der Waals surface area (Å²) in [6.07, 6.45) is 1.59. The maximum Gasteiger partial charge on any atom is 0.0991 e. The molecule has 3 nitrogen and oxygen atoms in total. The summed E-state index contributed by atoms with van der Waals surface area (Å²) < 4.78 is 0. The van der Waals surface area contributed by atoms with Gasteiger partial charge in [0.25, 0.3) is 0 Å². The van der Waals surface area contributed by atoms with Gasteiger partial charge in [-0.1, -0.05) is 6.08 Å². The minimum Gasteiger partial charge on any atom is -0.398 e. The van der Waals surface area contributed by atoms with Crippen molar-refractivity contribution in [2.24, 2.45) is 5.73 Å². The highest BCUT2D eigenvalue weighted by Crippen LogP contribution is 2.20. The highest BCUT2D eigenvalue weighted by molar-refractivity contribution is 5.53. The third-order valence-electron chi connectivity index (χ3n) is 1.83. The molecule has 4 N–H and O–H groups in total. The number of nitrogens with two attached hydrogens (primary N) is 2. The molecule has 0 fully saturated rings. The first-order valence-electron chi connectivity index (χ1n) is 3.86. The van der Waals surface area contributed by atoms with Crippen LogP contribution in [0, 0.1) is 11.3 Å². The summed E-state index contributed by atoms with van der Waals surface area (Å²) in [6, 6.07) is 6.74. The van der Waals surface area contributed by atoms with Crippen molar-refractivity contribution in [2.45, 2.75) is 6.04 Å². The van der Waals surface area contributed by atoms with Gasteiger partial charge in [0.2, 0.25) is 0 Å². The van der Waals surface area contributed by atoms with Gasteiger partial charge in [-0.15, -0.1) is 6.58 Å². The Balaban J connectivity index is 3.20. The van der Waals surface area contributed by atoms with Crippen molar-refractivity contribution in [3.8, 4) is 6.07 Å². The molecule has 0 radical (unpaired) electrons. The zero-order valence-electron chi connectivity index (χ0n) is 7.20. The van der Waals surface area contributed by atoms with Crippen LogP contribution in [0.3, 0.4) is 0 Å². The van der Waals surface area contributed by atoms with Crippen molar-refractivity contribution >= 4 is 5.69 Å².